The van der Waals surface area contributed by atoms with E-state index < -0.39 is 11.9 Å². The lowest BCUT2D eigenvalue weighted by atomic mass is 10.3. The number of alkyl halides is 3. The van der Waals surface area contributed by atoms with Crippen molar-refractivity contribution in [1.29, 1.82) is 0 Å². The van der Waals surface area contributed by atoms with Crippen LogP contribution in [0.1, 0.15) is 5.69 Å². The summed E-state index contributed by atoms with van der Waals surface area (Å²) in [5, 5.41) is 5.90. The van der Waals surface area contributed by atoms with E-state index in [0.717, 1.165) is 12.3 Å². The fourth-order valence-corrected chi connectivity index (χ4v) is 2.14. The number of nitrogens with zero attached hydrogens (tertiary/aromatic N) is 3. The number of rotatable bonds is 6. The SMILES string of the molecule is COc1ccc(NC(N)=NCCNc2nccc(C(F)(F)F)n2)cc1Cl.I. The number of aromatic nitrogens is 2. The van der Waals surface area contributed by atoms with E-state index in [1.165, 1.54) is 7.11 Å². The molecule has 1 heterocycles. The third-order valence-electron chi connectivity index (χ3n) is 3.05. The Hall–Kier alpha value is -2.02. The molecule has 0 bridgehead atoms. The van der Waals surface area contributed by atoms with Crippen molar-refractivity contribution in [1.82, 2.24) is 9.97 Å². The zero-order valence-electron chi connectivity index (χ0n) is 14.0. The number of aliphatic imine (C=N–C) groups is 1. The van der Waals surface area contributed by atoms with Crippen molar-refractivity contribution in [3.05, 3.63) is 41.2 Å². The van der Waals surface area contributed by atoms with Crippen LogP contribution in [0.15, 0.2) is 35.5 Å². The largest absolute Gasteiger partial charge is 0.495 e. The average molecular weight is 517 g/mol. The number of guanidine groups is 1. The Morgan fingerprint density at radius 1 is 1.33 bits per heavy atom. The lowest BCUT2D eigenvalue weighted by molar-refractivity contribution is -0.141. The number of methoxy groups -OCH3 is 1. The first-order chi connectivity index (χ1) is 12.3. The van der Waals surface area contributed by atoms with Crippen molar-refractivity contribution in [2.45, 2.75) is 6.18 Å². The average Bonchev–Trinajstić information content (AvgIpc) is 2.58. The molecule has 2 rings (SSSR count). The van der Waals surface area contributed by atoms with Crippen molar-refractivity contribution in [3.8, 4) is 5.75 Å². The van der Waals surface area contributed by atoms with Crippen LogP contribution in [-0.4, -0.2) is 36.1 Å². The van der Waals surface area contributed by atoms with E-state index in [1.54, 1.807) is 18.2 Å². The summed E-state index contributed by atoms with van der Waals surface area (Å²) >= 11 is 6.00. The smallest absolute Gasteiger partial charge is 0.433 e. The molecule has 0 atom stereocenters. The van der Waals surface area contributed by atoms with Gasteiger partial charge in [-0.25, -0.2) is 9.97 Å². The minimum absolute atomic E-state index is 0. The first-order valence-corrected chi connectivity index (χ1v) is 7.72. The van der Waals surface area contributed by atoms with Crippen LogP contribution in [0.4, 0.5) is 24.8 Å². The van der Waals surface area contributed by atoms with Gasteiger partial charge in [0.25, 0.3) is 0 Å². The van der Waals surface area contributed by atoms with E-state index in [2.05, 4.69) is 25.6 Å². The monoisotopic (exact) mass is 516 g/mol. The molecule has 1 aromatic carbocycles. The molecule has 2 aromatic rings. The fourth-order valence-electron chi connectivity index (χ4n) is 1.88. The normalized spacial score (nSPS) is 11.5. The van der Waals surface area contributed by atoms with Crippen LogP contribution in [0.5, 0.6) is 5.75 Å². The number of nitrogens with one attached hydrogen (secondary N) is 2. The van der Waals surface area contributed by atoms with Crippen LogP contribution in [0.2, 0.25) is 5.02 Å². The van der Waals surface area contributed by atoms with Crippen LogP contribution >= 0.6 is 35.6 Å². The summed E-state index contributed by atoms with van der Waals surface area (Å²) in [5.41, 5.74) is 5.34. The Morgan fingerprint density at radius 2 is 2.07 bits per heavy atom. The van der Waals surface area contributed by atoms with Gasteiger partial charge < -0.3 is 21.1 Å². The highest BCUT2D eigenvalue weighted by atomic mass is 127. The topological polar surface area (TPSA) is 97.5 Å². The van der Waals surface area contributed by atoms with E-state index in [4.69, 9.17) is 22.1 Å². The van der Waals surface area contributed by atoms with Crippen LogP contribution < -0.4 is 21.1 Å². The van der Waals surface area contributed by atoms with Gasteiger partial charge in [0, 0.05) is 18.4 Å². The highest BCUT2D eigenvalue weighted by Gasteiger charge is 2.32. The van der Waals surface area contributed by atoms with Crippen LogP contribution in [0, 0.1) is 0 Å². The van der Waals surface area contributed by atoms with Gasteiger partial charge in [-0.15, -0.1) is 24.0 Å². The van der Waals surface area contributed by atoms with Gasteiger partial charge in [0.2, 0.25) is 5.95 Å². The van der Waals surface area contributed by atoms with Gasteiger partial charge >= 0.3 is 6.18 Å². The van der Waals surface area contributed by atoms with Gasteiger partial charge in [-0.2, -0.15) is 13.2 Å². The predicted molar refractivity (Wildman–Crippen MR) is 109 cm³/mol. The molecule has 1 aromatic heterocycles. The van der Waals surface area contributed by atoms with Crippen molar-refractivity contribution in [3.63, 3.8) is 0 Å². The molecule has 7 nitrogen and oxygen atoms in total. The molecule has 0 aliphatic rings. The Morgan fingerprint density at radius 3 is 2.70 bits per heavy atom. The highest BCUT2D eigenvalue weighted by Crippen LogP contribution is 2.28. The van der Waals surface area contributed by atoms with Crippen LogP contribution in [-0.2, 0) is 6.18 Å². The van der Waals surface area contributed by atoms with E-state index in [0.29, 0.717) is 16.5 Å². The number of hydrogen-bond donors (Lipinski definition) is 3. The Bertz CT molecular complexity index is 790. The molecule has 12 heteroatoms. The molecule has 0 aliphatic heterocycles. The number of anilines is 2. The molecule has 0 spiro atoms. The summed E-state index contributed by atoms with van der Waals surface area (Å²) in [5.74, 6) is 0.513. The standard InChI is InChI=1S/C15H16ClF3N6O.HI/c1-26-11-3-2-9(8-10(11)16)24-13(20)21-6-7-23-14-22-5-4-12(25-14)15(17,18)19;/h2-5,8H,6-7H2,1H3,(H3,20,21,24)(H,22,23,25);1H. The summed E-state index contributed by atoms with van der Waals surface area (Å²) in [6, 6.07) is 5.80. The molecular formula is C15H17ClF3IN6O. The lowest BCUT2D eigenvalue weighted by Gasteiger charge is -2.09. The number of hydrogen-bond acceptors (Lipinski definition) is 5. The second kappa shape index (κ2) is 10.3. The van der Waals surface area contributed by atoms with Crippen molar-refractivity contribution in [2.75, 3.05) is 30.8 Å². The highest BCUT2D eigenvalue weighted by molar-refractivity contribution is 14.0. The number of halogens is 5. The summed E-state index contributed by atoms with van der Waals surface area (Å²) in [4.78, 5) is 11.2. The first kappa shape index (κ1) is 23.0. The second-order valence-electron chi connectivity index (χ2n) is 4.93. The maximum atomic E-state index is 12.6. The molecule has 0 saturated heterocycles. The Labute approximate surface area is 175 Å². The summed E-state index contributed by atoms with van der Waals surface area (Å²) in [6.45, 7) is 0.398. The van der Waals surface area contributed by atoms with E-state index in [1.807, 2.05) is 0 Å². The minimum atomic E-state index is -4.52. The number of ether oxygens (including phenoxy) is 1. The van der Waals surface area contributed by atoms with Gasteiger partial charge in [0.05, 0.1) is 18.7 Å². The first-order valence-electron chi connectivity index (χ1n) is 7.34. The van der Waals surface area contributed by atoms with Crippen LogP contribution in [0.25, 0.3) is 0 Å². The zero-order valence-corrected chi connectivity index (χ0v) is 17.1. The maximum Gasteiger partial charge on any atom is 0.433 e. The van der Waals surface area contributed by atoms with Gasteiger partial charge in [-0.3, -0.25) is 4.99 Å². The third-order valence-corrected chi connectivity index (χ3v) is 3.34. The lowest BCUT2D eigenvalue weighted by Crippen LogP contribution is -2.24. The molecule has 0 fully saturated rings. The molecule has 4 N–H and O–H groups in total. The molecule has 148 valence electrons. The van der Waals surface area contributed by atoms with Crippen molar-refractivity contribution >= 4 is 53.2 Å². The molecule has 0 saturated carbocycles. The van der Waals surface area contributed by atoms with E-state index >= 15 is 0 Å². The molecular weight excluding hydrogens is 500 g/mol. The van der Waals surface area contributed by atoms with Gasteiger partial charge in [-0.1, -0.05) is 11.6 Å². The van der Waals surface area contributed by atoms with Crippen molar-refractivity contribution in [2.24, 2.45) is 10.7 Å². The molecule has 0 radical (unpaired) electrons. The van der Waals surface area contributed by atoms with E-state index in [9.17, 15) is 13.2 Å². The van der Waals surface area contributed by atoms with Gasteiger partial charge in [-0.05, 0) is 24.3 Å². The van der Waals surface area contributed by atoms with Crippen molar-refractivity contribution < 1.29 is 17.9 Å². The molecule has 27 heavy (non-hydrogen) atoms. The molecule has 0 unspecified atom stereocenters. The third kappa shape index (κ3) is 7.25. The van der Waals surface area contributed by atoms with Gasteiger partial charge in [0.1, 0.15) is 11.4 Å². The Kier molecular flexibility index (Phi) is 8.82. The molecule has 0 aliphatic carbocycles. The zero-order chi connectivity index (χ0) is 19.2. The number of nitrogens with two attached hydrogens (primary N) is 1. The predicted octanol–water partition coefficient (Wildman–Crippen LogP) is 3.61. The fraction of sp³-hybridized carbons (Fsp3) is 0.267. The summed E-state index contributed by atoms with van der Waals surface area (Å²) in [6.07, 6.45) is -3.49. The maximum absolute atomic E-state index is 12.6. The van der Waals surface area contributed by atoms with Crippen LogP contribution in [0.3, 0.4) is 0 Å². The summed E-state index contributed by atoms with van der Waals surface area (Å²) in [7, 11) is 1.51. The minimum Gasteiger partial charge on any atom is -0.495 e. The van der Waals surface area contributed by atoms with Gasteiger partial charge in [0.15, 0.2) is 5.96 Å². The Balaban J connectivity index is 0.00000364. The molecule has 0 amide bonds. The number of benzene rings is 1. The summed E-state index contributed by atoms with van der Waals surface area (Å²) < 4.78 is 42.7. The second-order valence-corrected chi connectivity index (χ2v) is 5.34. The van der Waals surface area contributed by atoms with E-state index in [-0.39, 0.29) is 49.0 Å². The quantitative estimate of drug-likeness (QED) is 0.235.